The number of rotatable bonds is 4. The number of nitrogens with zero attached hydrogens (tertiary/aromatic N) is 2. The van der Waals surface area contributed by atoms with Gasteiger partial charge in [0.25, 0.3) is 0 Å². The molecule has 3 N–H and O–H groups in total. The zero-order valence-corrected chi connectivity index (χ0v) is 19.2. The third-order valence-corrected chi connectivity index (χ3v) is 7.86. The summed E-state index contributed by atoms with van der Waals surface area (Å²) in [6.45, 7) is 3.75. The maximum Gasteiger partial charge on any atom is 0.144 e. The summed E-state index contributed by atoms with van der Waals surface area (Å²) in [5, 5.41) is 22.2. The largest absolute Gasteiger partial charge is 0.483 e. The average molecular weight is 467 g/mol. The normalized spacial score (nSPS) is 18.4. The molecular formula is C24H23ClN4O2S. The van der Waals surface area contributed by atoms with E-state index in [1.807, 2.05) is 37.4 Å². The standard InChI is InChI=1S/C24H23ClN4O2S/c1-2-19(30)21-10-18-24(32-21)14(3-6-27-18)15-9-13(25)7-12-8-20(31-23(12)15)22-16-11-26-5-4-17(16)28-29-22/h3,6-7,9-10,19-20,26,30H,2,4-5,8,11H2,1H3,(H,28,29)/t19?,20-/m1/s1. The van der Waals surface area contributed by atoms with Gasteiger partial charge < -0.3 is 15.2 Å². The van der Waals surface area contributed by atoms with Gasteiger partial charge in [-0.15, -0.1) is 11.3 Å². The van der Waals surface area contributed by atoms with Crippen LogP contribution in [0.5, 0.6) is 5.75 Å². The van der Waals surface area contributed by atoms with Crippen molar-refractivity contribution in [1.82, 2.24) is 20.5 Å². The lowest BCUT2D eigenvalue weighted by molar-refractivity contribution is 0.177. The summed E-state index contributed by atoms with van der Waals surface area (Å²) in [5.74, 6) is 0.866. The van der Waals surface area contributed by atoms with Crippen molar-refractivity contribution in [1.29, 1.82) is 0 Å². The molecule has 1 unspecified atom stereocenters. The Kier molecular flexibility index (Phi) is 4.95. The van der Waals surface area contributed by atoms with Crippen LogP contribution in [0.15, 0.2) is 30.5 Å². The Morgan fingerprint density at radius 3 is 3.09 bits per heavy atom. The van der Waals surface area contributed by atoms with Crippen molar-refractivity contribution in [3.63, 3.8) is 0 Å². The number of aliphatic hydroxyl groups excluding tert-OH is 1. The van der Waals surface area contributed by atoms with E-state index in [1.54, 1.807) is 11.3 Å². The predicted octanol–water partition coefficient (Wildman–Crippen LogP) is 5.11. The van der Waals surface area contributed by atoms with E-state index in [0.29, 0.717) is 11.4 Å². The molecule has 0 saturated heterocycles. The monoisotopic (exact) mass is 466 g/mol. The summed E-state index contributed by atoms with van der Waals surface area (Å²) in [4.78, 5) is 5.46. The van der Waals surface area contributed by atoms with Crippen LogP contribution in [0.4, 0.5) is 0 Å². The molecule has 2 aliphatic heterocycles. The van der Waals surface area contributed by atoms with Gasteiger partial charge in [-0.3, -0.25) is 10.1 Å². The van der Waals surface area contributed by atoms with Crippen LogP contribution in [-0.2, 0) is 19.4 Å². The van der Waals surface area contributed by atoms with Crippen LogP contribution in [0.3, 0.4) is 0 Å². The first-order valence-corrected chi connectivity index (χ1v) is 12.1. The number of halogens is 1. The summed E-state index contributed by atoms with van der Waals surface area (Å²) < 4.78 is 7.60. The fourth-order valence-electron chi connectivity index (χ4n) is 4.73. The second-order valence-corrected chi connectivity index (χ2v) is 9.91. The second kappa shape index (κ2) is 7.85. The molecule has 0 radical (unpaired) electrons. The van der Waals surface area contributed by atoms with Gasteiger partial charge >= 0.3 is 0 Å². The van der Waals surface area contributed by atoms with E-state index >= 15 is 0 Å². The van der Waals surface area contributed by atoms with Crippen LogP contribution in [0.1, 0.15) is 52.9 Å². The Morgan fingerprint density at radius 2 is 2.22 bits per heavy atom. The van der Waals surface area contributed by atoms with Crippen molar-refractivity contribution in [2.45, 2.75) is 44.9 Å². The number of aliphatic hydroxyl groups is 1. The van der Waals surface area contributed by atoms with Gasteiger partial charge in [0.2, 0.25) is 0 Å². The molecule has 2 atom stereocenters. The highest BCUT2D eigenvalue weighted by Gasteiger charge is 2.32. The SMILES string of the molecule is CCC(O)c1cc2nccc(-c3cc(Cl)cc4c3O[C@@H](c3[nH]nc5c3CNCC5)C4)c2s1. The molecule has 0 saturated carbocycles. The van der Waals surface area contributed by atoms with Crippen molar-refractivity contribution < 1.29 is 9.84 Å². The number of thiophene rings is 1. The maximum atomic E-state index is 10.4. The smallest absolute Gasteiger partial charge is 0.144 e. The number of nitrogens with one attached hydrogen (secondary N) is 2. The van der Waals surface area contributed by atoms with E-state index in [4.69, 9.17) is 16.3 Å². The molecule has 0 aliphatic carbocycles. The van der Waals surface area contributed by atoms with Gasteiger partial charge in [-0.05, 0) is 30.7 Å². The Hall–Kier alpha value is -2.45. The molecule has 4 aromatic rings. The van der Waals surface area contributed by atoms with Gasteiger partial charge in [0, 0.05) is 64.3 Å². The second-order valence-electron chi connectivity index (χ2n) is 8.39. The van der Waals surface area contributed by atoms with Crippen molar-refractivity contribution in [2.24, 2.45) is 0 Å². The molecule has 8 heteroatoms. The highest BCUT2D eigenvalue weighted by Crippen LogP contribution is 2.48. The van der Waals surface area contributed by atoms with Crippen LogP contribution in [0.25, 0.3) is 21.3 Å². The van der Waals surface area contributed by atoms with E-state index in [1.165, 1.54) is 5.56 Å². The molecule has 3 aromatic heterocycles. The molecule has 0 bridgehead atoms. The summed E-state index contributed by atoms with van der Waals surface area (Å²) in [7, 11) is 0. The van der Waals surface area contributed by atoms with Gasteiger partial charge in [-0.2, -0.15) is 5.10 Å². The number of pyridine rings is 1. The summed E-state index contributed by atoms with van der Waals surface area (Å²) >= 11 is 8.14. The van der Waals surface area contributed by atoms with Crippen molar-refractivity contribution in [2.75, 3.05) is 6.54 Å². The summed E-state index contributed by atoms with van der Waals surface area (Å²) in [6, 6.07) is 7.96. The Labute approximate surface area is 194 Å². The Morgan fingerprint density at radius 1 is 1.31 bits per heavy atom. The van der Waals surface area contributed by atoms with Crippen LogP contribution < -0.4 is 10.1 Å². The summed E-state index contributed by atoms with van der Waals surface area (Å²) in [6.07, 6.45) is 3.56. The first-order chi connectivity index (χ1) is 15.6. The van der Waals surface area contributed by atoms with E-state index in [2.05, 4.69) is 20.5 Å². The number of fused-ring (bicyclic) bond motifs is 3. The Bertz CT molecular complexity index is 1330. The molecule has 6 nitrogen and oxygen atoms in total. The zero-order valence-electron chi connectivity index (χ0n) is 17.6. The number of benzene rings is 1. The Balaban J connectivity index is 1.44. The van der Waals surface area contributed by atoms with Crippen LogP contribution >= 0.6 is 22.9 Å². The predicted molar refractivity (Wildman–Crippen MR) is 126 cm³/mol. The van der Waals surface area contributed by atoms with Gasteiger partial charge in [0.05, 0.1) is 27.7 Å². The van der Waals surface area contributed by atoms with Crippen molar-refractivity contribution >= 4 is 33.2 Å². The lowest BCUT2D eigenvalue weighted by Gasteiger charge is -2.16. The lowest BCUT2D eigenvalue weighted by atomic mass is 9.99. The number of hydrogen-bond acceptors (Lipinski definition) is 6. The van der Waals surface area contributed by atoms with Gasteiger partial charge in [0.15, 0.2) is 0 Å². The fourth-order valence-corrected chi connectivity index (χ4v) is 6.18. The third kappa shape index (κ3) is 3.23. The summed E-state index contributed by atoms with van der Waals surface area (Å²) in [5.41, 5.74) is 7.38. The molecule has 1 aromatic carbocycles. The van der Waals surface area contributed by atoms with E-state index in [9.17, 15) is 5.11 Å². The molecule has 0 spiro atoms. The molecule has 2 aliphatic rings. The molecule has 0 amide bonds. The molecule has 164 valence electrons. The van der Waals surface area contributed by atoms with Gasteiger partial charge in [-0.25, -0.2) is 0 Å². The van der Waals surface area contributed by atoms with Crippen LogP contribution in [-0.4, -0.2) is 26.8 Å². The van der Waals surface area contributed by atoms with Gasteiger partial charge in [0.1, 0.15) is 11.9 Å². The number of ether oxygens (including phenoxy) is 1. The minimum Gasteiger partial charge on any atom is -0.483 e. The average Bonchev–Trinajstić information content (AvgIpc) is 3.53. The molecule has 6 rings (SSSR count). The first kappa shape index (κ1) is 20.2. The van der Waals surface area contributed by atoms with Gasteiger partial charge in [-0.1, -0.05) is 18.5 Å². The highest BCUT2D eigenvalue weighted by atomic mass is 35.5. The number of hydrogen-bond donors (Lipinski definition) is 3. The quantitative estimate of drug-likeness (QED) is 0.389. The fraction of sp³-hybridized carbons (Fsp3) is 0.333. The number of aromatic amines is 1. The number of H-pyrrole nitrogens is 1. The van der Waals surface area contributed by atoms with Crippen molar-refractivity contribution in [3.05, 3.63) is 62.9 Å². The van der Waals surface area contributed by atoms with E-state index < -0.39 is 6.10 Å². The number of aromatic nitrogens is 3. The van der Waals surface area contributed by atoms with Crippen molar-refractivity contribution in [3.8, 4) is 16.9 Å². The molecule has 0 fully saturated rings. The minimum absolute atomic E-state index is 0.114. The van der Waals surface area contributed by atoms with E-state index in [-0.39, 0.29) is 6.10 Å². The highest BCUT2D eigenvalue weighted by molar-refractivity contribution is 7.19. The lowest BCUT2D eigenvalue weighted by Crippen LogP contribution is -2.24. The minimum atomic E-state index is -0.479. The van der Waals surface area contributed by atoms with Crippen LogP contribution in [0, 0.1) is 0 Å². The topological polar surface area (TPSA) is 83.1 Å². The molecule has 5 heterocycles. The molecule has 32 heavy (non-hydrogen) atoms. The van der Waals surface area contributed by atoms with Crippen LogP contribution in [0.2, 0.25) is 5.02 Å². The maximum absolute atomic E-state index is 10.4. The third-order valence-electron chi connectivity index (χ3n) is 6.38. The molecular weight excluding hydrogens is 444 g/mol. The van der Waals surface area contributed by atoms with E-state index in [0.717, 1.165) is 74.9 Å². The first-order valence-electron chi connectivity index (χ1n) is 10.9. The zero-order chi connectivity index (χ0) is 21.8.